The summed E-state index contributed by atoms with van der Waals surface area (Å²) in [5.41, 5.74) is 0.400. The minimum absolute atomic E-state index is 0.110. The number of para-hydroxylation sites is 1. The molecular formula is C23H28N4O4. The van der Waals surface area contributed by atoms with Crippen LogP contribution in [0.5, 0.6) is 5.75 Å². The van der Waals surface area contributed by atoms with Crippen molar-refractivity contribution in [3.05, 3.63) is 54.1 Å². The minimum Gasteiger partial charge on any atom is -0.491 e. The lowest BCUT2D eigenvalue weighted by atomic mass is 9.91. The molecule has 8 heteroatoms. The second-order valence-corrected chi connectivity index (χ2v) is 8.05. The highest BCUT2D eigenvalue weighted by Gasteiger charge is 2.46. The fourth-order valence-corrected chi connectivity index (χ4v) is 4.24. The lowest BCUT2D eigenvalue weighted by Crippen LogP contribution is -2.61. The van der Waals surface area contributed by atoms with Crippen molar-refractivity contribution in [2.45, 2.75) is 31.3 Å². The van der Waals surface area contributed by atoms with Crippen LogP contribution in [0.4, 0.5) is 0 Å². The standard InChI is InChI=1S/C23H28N4O4/c1-26-12-14-30-20-8-3-2-6-18(20)7-4-5-9-23(22(26)29)17-27(13-15-31-23)21(28)19-16-24-10-11-25-19/h2-3,6,8,10-11,16H,4-5,7,9,12-15,17H2,1H3. The number of benzene rings is 1. The van der Waals surface area contributed by atoms with Gasteiger partial charge >= 0.3 is 0 Å². The third-order valence-corrected chi connectivity index (χ3v) is 5.93. The maximum atomic E-state index is 13.5. The molecule has 0 bridgehead atoms. The number of morpholine rings is 1. The summed E-state index contributed by atoms with van der Waals surface area (Å²) in [5.74, 6) is 0.546. The van der Waals surface area contributed by atoms with E-state index in [-0.39, 0.29) is 24.1 Å². The Balaban J connectivity index is 1.54. The van der Waals surface area contributed by atoms with Crippen LogP contribution in [0.25, 0.3) is 0 Å². The average molecular weight is 425 g/mol. The van der Waals surface area contributed by atoms with E-state index in [1.807, 2.05) is 18.2 Å². The molecule has 1 atom stereocenters. The second-order valence-electron chi connectivity index (χ2n) is 8.05. The zero-order valence-electron chi connectivity index (χ0n) is 17.8. The number of nitrogens with zero attached hydrogens (tertiary/aromatic N) is 4. The molecule has 2 aromatic rings. The summed E-state index contributed by atoms with van der Waals surface area (Å²) in [6, 6.07) is 8.05. The molecule has 1 spiro atoms. The monoisotopic (exact) mass is 424 g/mol. The Hall–Kier alpha value is -3.00. The molecule has 8 nitrogen and oxygen atoms in total. The van der Waals surface area contributed by atoms with Gasteiger partial charge in [0.15, 0.2) is 5.60 Å². The van der Waals surface area contributed by atoms with Crippen molar-refractivity contribution in [2.75, 3.05) is 39.9 Å². The molecule has 2 aliphatic heterocycles. The van der Waals surface area contributed by atoms with Crippen molar-refractivity contribution in [3.63, 3.8) is 0 Å². The van der Waals surface area contributed by atoms with Crippen molar-refractivity contribution in [3.8, 4) is 5.75 Å². The van der Waals surface area contributed by atoms with Crippen LogP contribution in [-0.2, 0) is 16.0 Å². The van der Waals surface area contributed by atoms with Crippen LogP contribution in [0.3, 0.4) is 0 Å². The minimum atomic E-state index is -1.05. The topological polar surface area (TPSA) is 84.9 Å². The van der Waals surface area contributed by atoms with Gasteiger partial charge in [-0.3, -0.25) is 14.6 Å². The smallest absolute Gasteiger partial charge is 0.274 e. The van der Waals surface area contributed by atoms with Crippen LogP contribution in [0, 0.1) is 0 Å². The van der Waals surface area contributed by atoms with E-state index in [2.05, 4.69) is 16.0 Å². The lowest BCUT2D eigenvalue weighted by molar-refractivity contribution is -0.169. The van der Waals surface area contributed by atoms with Crippen molar-refractivity contribution < 1.29 is 19.1 Å². The van der Waals surface area contributed by atoms with Gasteiger partial charge in [0.25, 0.3) is 11.8 Å². The molecule has 2 amide bonds. The van der Waals surface area contributed by atoms with Crippen molar-refractivity contribution in [2.24, 2.45) is 0 Å². The van der Waals surface area contributed by atoms with E-state index >= 15 is 0 Å². The first-order chi connectivity index (χ1) is 15.1. The summed E-state index contributed by atoms with van der Waals surface area (Å²) < 4.78 is 12.1. The third-order valence-electron chi connectivity index (χ3n) is 5.93. The molecule has 2 aliphatic rings. The van der Waals surface area contributed by atoms with E-state index in [9.17, 15) is 9.59 Å². The first-order valence-corrected chi connectivity index (χ1v) is 10.7. The number of hydrogen-bond donors (Lipinski definition) is 0. The van der Waals surface area contributed by atoms with Crippen molar-refractivity contribution >= 4 is 11.8 Å². The zero-order chi connectivity index (χ0) is 21.7. The molecule has 0 radical (unpaired) electrons. The maximum Gasteiger partial charge on any atom is 0.274 e. The number of aromatic nitrogens is 2. The van der Waals surface area contributed by atoms with Gasteiger partial charge in [-0.15, -0.1) is 0 Å². The van der Waals surface area contributed by atoms with Gasteiger partial charge in [0, 0.05) is 26.0 Å². The molecular weight excluding hydrogens is 396 g/mol. The number of carbonyl (C=O) groups is 2. The number of rotatable bonds is 1. The third kappa shape index (κ3) is 4.69. The first kappa shape index (κ1) is 21.2. The van der Waals surface area contributed by atoms with Gasteiger partial charge in [-0.1, -0.05) is 18.2 Å². The SMILES string of the molecule is CN1CCOc2ccccc2CCCCC2(CN(C(=O)c3cnccn3)CCO2)C1=O. The molecule has 1 fully saturated rings. The number of fused-ring (bicyclic) bond motifs is 1. The van der Waals surface area contributed by atoms with E-state index < -0.39 is 5.60 Å². The molecule has 0 aliphatic carbocycles. The van der Waals surface area contributed by atoms with E-state index in [4.69, 9.17) is 9.47 Å². The van der Waals surface area contributed by atoms with Gasteiger partial charge in [0.1, 0.15) is 18.1 Å². The number of likely N-dealkylation sites (N-methyl/N-ethyl adjacent to an activating group) is 1. The molecule has 31 heavy (non-hydrogen) atoms. The zero-order valence-corrected chi connectivity index (χ0v) is 17.8. The Morgan fingerprint density at radius 2 is 2.00 bits per heavy atom. The number of amides is 2. The highest BCUT2D eigenvalue weighted by Crippen LogP contribution is 2.29. The second kappa shape index (κ2) is 9.43. The summed E-state index contributed by atoms with van der Waals surface area (Å²) in [4.78, 5) is 37.8. The summed E-state index contributed by atoms with van der Waals surface area (Å²) in [6.45, 7) is 1.78. The van der Waals surface area contributed by atoms with Crippen LogP contribution < -0.4 is 4.74 Å². The summed E-state index contributed by atoms with van der Waals surface area (Å²) in [6.07, 6.45) is 7.62. The fourth-order valence-electron chi connectivity index (χ4n) is 4.24. The highest BCUT2D eigenvalue weighted by molar-refractivity contribution is 5.93. The molecule has 1 aromatic carbocycles. The van der Waals surface area contributed by atoms with Crippen LogP contribution >= 0.6 is 0 Å². The predicted molar refractivity (Wildman–Crippen MR) is 114 cm³/mol. The molecule has 1 saturated heterocycles. The summed E-state index contributed by atoms with van der Waals surface area (Å²) in [7, 11) is 1.76. The normalized spacial score (nSPS) is 22.8. The van der Waals surface area contributed by atoms with Crippen molar-refractivity contribution in [1.29, 1.82) is 0 Å². The predicted octanol–water partition coefficient (Wildman–Crippen LogP) is 1.95. The molecule has 0 saturated carbocycles. The Bertz CT molecular complexity index is 923. The van der Waals surface area contributed by atoms with Crippen LogP contribution in [-0.4, -0.2) is 77.1 Å². The number of aryl methyl sites for hydroxylation is 1. The summed E-state index contributed by atoms with van der Waals surface area (Å²) in [5, 5.41) is 0. The van der Waals surface area contributed by atoms with E-state index in [0.717, 1.165) is 25.0 Å². The Morgan fingerprint density at radius 1 is 1.13 bits per heavy atom. The molecule has 4 rings (SSSR count). The van der Waals surface area contributed by atoms with Gasteiger partial charge in [-0.2, -0.15) is 0 Å². The fraction of sp³-hybridized carbons (Fsp3) is 0.478. The van der Waals surface area contributed by atoms with Gasteiger partial charge in [0.2, 0.25) is 0 Å². The van der Waals surface area contributed by atoms with Gasteiger partial charge < -0.3 is 19.3 Å². The lowest BCUT2D eigenvalue weighted by Gasteiger charge is -2.43. The van der Waals surface area contributed by atoms with Crippen LogP contribution in [0.15, 0.2) is 42.9 Å². The largest absolute Gasteiger partial charge is 0.491 e. The Labute approximate surface area is 182 Å². The molecule has 3 heterocycles. The van der Waals surface area contributed by atoms with Crippen molar-refractivity contribution in [1.82, 2.24) is 19.8 Å². The van der Waals surface area contributed by atoms with E-state index in [0.29, 0.717) is 32.7 Å². The van der Waals surface area contributed by atoms with Gasteiger partial charge in [-0.25, -0.2) is 4.98 Å². The quantitative estimate of drug-likeness (QED) is 0.696. The molecule has 1 aromatic heterocycles. The Kier molecular flexibility index (Phi) is 6.46. The van der Waals surface area contributed by atoms with Gasteiger partial charge in [-0.05, 0) is 37.3 Å². The van der Waals surface area contributed by atoms with Gasteiger partial charge in [0.05, 0.1) is 25.9 Å². The van der Waals surface area contributed by atoms with E-state index in [1.54, 1.807) is 16.8 Å². The van der Waals surface area contributed by atoms with Crippen LogP contribution in [0.1, 0.15) is 35.3 Å². The number of carbonyl (C=O) groups excluding carboxylic acids is 2. The number of ether oxygens (including phenoxy) is 2. The molecule has 164 valence electrons. The summed E-state index contributed by atoms with van der Waals surface area (Å²) >= 11 is 0. The van der Waals surface area contributed by atoms with Crippen LogP contribution in [0.2, 0.25) is 0 Å². The average Bonchev–Trinajstić information content (AvgIpc) is 2.81. The number of hydrogen-bond acceptors (Lipinski definition) is 6. The van der Waals surface area contributed by atoms with E-state index in [1.165, 1.54) is 24.2 Å². The molecule has 1 unspecified atom stereocenters. The molecule has 0 N–H and O–H groups in total. The highest BCUT2D eigenvalue weighted by atomic mass is 16.5. The Morgan fingerprint density at radius 3 is 2.84 bits per heavy atom. The first-order valence-electron chi connectivity index (χ1n) is 10.7. The maximum absolute atomic E-state index is 13.5.